The van der Waals surface area contributed by atoms with E-state index in [1.54, 1.807) is 31.2 Å². The van der Waals surface area contributed by atoms with Gasteiger partial charge in [0.05, 0.1) is 11.9 Å². The monoisotopic (exact) mass is 473 g/mol. The molecule has 0 aromatic heterocycles. The Hall–Kier alpha value is -2.87. The Balaban J connectivity index is 2.41. The molecule has 8 heteroatoms. The number of amides is 2. The van der Waals surface area contributed by atoms with Gasteiger partial charge in [0.2, 0.25) is 21.8 Å². The second-order valence-corrected chi connectivity index (χ2v) is 11.4. The lowest BCUT2D eigenvalue weighted by atomic mass is 10.1. The molecule has 33 heavy (non-hydrogen) atoms. The van der Waals surface area contributed by atoms with Crippen LogP contribution in [0.3, 0.4) is 0 Å². The molecule has 0 aliphatic heterocycles. The van der Waals surface area contributed by atoms with Crippen LogP contribution in [0.2, 0.25) is 0 Å². The lowest BCUT2D eigenvalue weighted by Gasteiger charge is -2.33. The molecule has 0 spiro atoms. The fraction of sp³-hybridized carbons (Fsp3) is 0.440. The first kappa shape index (κ1) is 26.4. The Kier molecular flexibility index (Phi) is 8.30. The minimum atomic E-state index is -3.73. The maximum absolute atomic E-state index is 13.5. The number of aryl methyl sites for hydroxylation is 2. The van der Waals surface area contributed by atoms with E-state index < -0.39 is 34.1 Å². The Labute approximate surface area is 197 Å². The molecular weight excluding hydrogens is 438 g/mol. The van der Waals surface area contributed by atoms with E-state index in [4.69, 9.17) is 0 Å². The normalized spacial score (nSPS) is 12.7. The maximum atomic E-state index is 13.5. The topological polar surface area (TPSA) is 86.8 Å². The summed E-state index contributed by atoms with van der Waals surface area (Å²) < 4.78 is 26.2. The number of hydrogen-bond acceptors (Lipinski definition) is 4. The molecule has 0 heterocycles. The summed E-state index contributed by atoms with van der Waals surface area (Å²) in [6.07, 6.45) is 1.07. The van der Waals surface area contributed by atoms with Crippen LogP contribution in [0.1, 0.15) is 44.4 Å². The summed E-state index contributed by atoms with van der Waals surface area (Å²) in [4.78, 5) is 27.9. The van der Waals surface area contributed by atoms with Crippen LogP contribution in [0.5, 0.6) is 0 Å². The highest BCUT2D eigenvalue weighted by atomic mass is 32.2. The van der Waals surface area contributed by atoms with Crippen LogP contribution in [0.4, 0.5) is 5.69 Å². The minimum Gasteiger partial charge on any atom is -0.350 e. The van der Waals surface area contributed by atoms with Crippen LogP contribution in [0, 0.1) is 13.8 Å². The molecule has 1 atom stereocenters. The van der Waals surface area contributed by atoms with Crippen LogP contribution in [0.15, 0.2) is 48.5 Å². The Morgan fingerprint density at radius 3 is 2.09 bits per heavy atom. The number of carbonyl (C=O) groups excluding carboxylic acids is 2. The summed E-state index contributed by atoms with van der Waals surface area (Å²) in [5.74, 6) is -0.758. The predicted molar refractivity (Wildman–Crippen MR) is 132 cm³/mol. The van der Waals surface area contributed by atoms with Gasteiger partial charge in [0.1, 0.15) is 12.6 Å². The summed E-state index contributed by atoms with van der Waals surface area (Å²) in [5, 5.41) is 2.91. The van der Waals surface area contributed by atoms with Gasteiger partial charge in [0.15, 0.2) is 0 Å². The molecule has 1 N–H and O–H groups in total. The standard InChI is InChI=1S/C25H35N3O4S/c1-18-12-14-22(15-13-18)28(33(7,31)32)17-23(29)27(16-21-11-9-8-10-19(21)2)20(3)24(30)26-25(4,5)6/h8-15,20H,16-17H2,1-7H3,(H,26,30). The van der Waals surface area contributed by atoms with Gasteiger partial charge in [-0.15, -0.1) is 0 Å². The van der Waals surface area contributed by atoms with Crippen molar-refractivity contribution in [3.8, 4) is 0 Å². The highest BCUT2D eigenvalue weighted by Crippen LogP contribution is 2.20. The van der Waals surface area contributed by atoms with Gasteiger partial charge in [-0.3, -0.25) is 13.9 Å². The quantitative estimate of drug-likeness (QED) is 0.637. The summed E-state index contributed by atoms with van der Waals surface area (Å²) >= 11 is 0. The number of benzene rings is 2. The zero-order valence-corrected chi connectivity index (χ0v) is 21.4. The molecule has 2 rings (SSSR count). The lowest BCUT2D eigenvalue weighted by molar-refractivity contribution is -0.140. The van der Waals surface area contributed by atoms with Crippen molar-refractivity contribution in [2.24, 2.45) is 0 Å². The van der Waals surface area contributed by atoms with Crippen molar-refractivity contribution in [2.45, 2.75) is 59.7 Å². The third-order valence-corrected chi connectivity index (χ3v) is 6.41. The highest BCUT2D eigenvalue weighted by molar-refractivity contribution is 7.92. The van der Waals surface area contributed by atoms with E-state index in [0.717, 1.165) is 27.3 Å². The molecule has 0 saturated carbocycles. The SMILES string of the molecule is Cc1ccc(N(CC(=O)N(Cc2ccccc2C)C(C)C(=O)NC(C)(C)C)S(C)(=O)=O)cc1. The van der Waals surface area contributed by atoms with E-state index in [1.165, 1.54) is 4.90 Å². The van der Waals surface area contributed by atoms with E-state index >= 15 is 0 Å². The fourth-order valence-electron chi connectivity index (χ4n) is 3.35. The Morgan fingerprint density at radius 1 is 1.00 bits per heavy atom. The summed E-state index contributed by atoms with van der Waals surface area (Å²) in [7, 11) is -3.73. The predicted octanol–water partition coefficient (Wildman–Crippen LogP) is 3.40. The fourth-order valence-corrected chi connectivity index (χ4v) is 4.20. The van der Waals surface area contributed by atoms with Gasteiger partial charge in [0.25, 0.3) is 0 Å². The molecule has 0 bridgehead atoms. The zero-order chi connectivity index (χ0) is 25.0. The average molecular weight is 474 g/mol. The van der Waals surface area contributed by atoms with Crippen LogP contribution >= 0.6 is 0 Å². The number of hydrogen-bond donors (Lipinski definition) is 1. The lowest BCUT2D eigenvalue weighted by Crippen LogP contribution is -2.54. The average Bonchev–Trinajstić information content (AvgIpc) is 2.69. The number of nitrogens with one attached hydrogen (secondary N) is 1. The zero-order valence-electron chi connectivity index (χ0n) is 20.5. The highest BCUT2D eigenvalue weighted by Gasteiger charge is 2.31. The second kappa shape index (κ2) is 10.4. The first-order chi connectivity index (χ1) is 15.2. The van der Waals surface area contributed by atoms with Crippen LogP contribution in [0.25, 0.3) is 0 Å². The van der Waals surface area contributed by atoms with Gasteiger partial charge in [-0.25, -0.2) is 8.42 Å². The van der Waals surface area contributed by atoms with E-state index in [-0.39, 0.29) is 12.5 Å². The summed E-state index contributed by atoms with van der Waals surface area (Å²) in [6.45, 7) is 10.9. The molecule has 0 aliphatic carbocycles. The summed E-state index contributed by atoms with van der Waals surface area (Å²) in [6, 6.07) is 13.8. The molecule has 0 aliphatic rings. The van der Waals surface area contributed by atoms with E-state index in [9.17, 15) is 18.0 Å². The third-order valence-electron chi connectivity index (χ3n) is 5.27. The summed E-state index contributed by atoms with van der Waals surface area (Å²) in [5.41, 5.74) is 2.79. The van der Waals surface area contributed by atoms with Gasteiger partial charge in [-0.2, -0.15) is 0 Å². The van der Waals surface area contributed by atoms with Crippen molar-refractivity contribution in [3.63, 3.8) is 0 Å². The van der Waals surface area contributed by atoms with E-state index in [2.05, 4.69) is 5.32 Å². The second-order valence-electron chi connectivity index (χ2n) is 9.47. The number of anilines is 1. The molecule has 2 aromatic rings. The molecule has 1 unspecified atom stereocenters. The van der Waals surface area contributed by atoms with Crippen molar-refractivity contribution >= 4 is 27.5 Å². The van der Waals surface area contributed by atoms with Crippen LogP contribution < -0.4 is 9.62 Å². The molecular formula is C25H35N3O4S. The van der Waals surface area contributed by atoms with Gasteiger partial charge in [-0.1, -0.05) is 42.0 Å². The molecule has 7 nitrogen and oxygen atoms in total. The molecule has 0 fully saturated rings. The Bertz CT molecular complexity index is 1090. The molecule has 2 amide bonds. The van der Waals surface area contributed by atoms with Gasteiger partial charge in [-0.05, 0) is 64.8 Å². The number of carbonyl (C=O) groups is 2. The smallest absolute Gasteiger partial charge is 0.244 e. The van der Waals surface area contributed by atoms with Gasteiger partial charge >= 0.3 is 0 Å². The molecule has 0 saturated heterocycles. The van der Waals surface area contributed by atoms with Crippen LogP contribution in [-0.4, -0.2) is 49.5 Å². The maximum Gasteiger partial charge on any atom is 0.244 e. The van der Waals surface area contributed by atoms with Crippen molar-refractivity contribution in [1.29, 1.82) is 0 Å². The van der Waals surface area contributed by atoms with Gasteiger partial charge in [0, 0.05) is 12.1 Å². The van der Waals surface area contributed by atoms with E-state index in [0.29, 0.717) is 5.69 Å². The Morgan fingerprint density at radius 2 is 1.58 bits per heavy atom. The number of rotatable bonds is 8. The van der Waals surface area contributed by atoms with Crippen molar-refractivity contribution < 1.29 is 18.0 Å². The number of nitrogens with zero attached hydrogens (tertiary/aromatic N) is 2. The van der Waals surface area contributed by atoms with Crippen molar-refractivity contribution in [1.82, 2.24) is 10.2 Å². The van der Waals surface area contributed by atoms with Crippen molar-refractivity contribution in [3.05, 3.63) is 65.2 Å². The molecule has 2 aromatic carbocycles. The first-order valence-electron chi connectivity index (χ1n) is 10.9. The molecule has 0 radical (unpaired) electrons. The first-order valence-corrected chi connectivity index (χ1v) is 12.7. The number of sulfonamides is 1. The van der Waals surface area contributed by atoms with E-state index in [1.807, 2.05) is 58.9 Å². The largest absolute Gasteiger partial charge is 0.350 e. The van der Waals surface area contributed by atoms with Crippen molar-refractivity contribution in [2.75, 3.05) is 17.1 Å². The molecule has 180 valence electrons. The third kappa shape index (κ3) is 7.60. The minimum absolute atomic E-state index is 0.190. The van der Waals surface area contributed by atoms with Gasteiger partial charge < -0.3 is 10.2 Å². The van der Waals surface area contributed by atoms with Crippen LogP contribution in [-0.2, 0) is 26.2 Å².